The molecule has 5 aromatic rings. The number of nitrogens with one attached hydrogen (secondary N) is 1. The van der Waals surface area contributed by atoms with Crippen LogP contribution in [0.2, 0.25) is 0 Å². The summed E-state index contributed by atoms with van der Waals surface area (Å²) in [5.41, 5.74) is 9.31. The van der Waals surface area contributed by atoms with E-state index in [1.807, 2.05) is 16.8 Å². The molecule has 1 fully saturated rings. The molecule has 216 valence electrons. The van der Waals surface area contributed by atoms with Gasteiger partial charge in [-0.15, -0.1) is 0 Å². The number of anilines is 2. The van der Waals surface area contributed by atoms with Crippen LogP contribution in [0.25, 0.3) is 27.8 Å². The quantitative estimate of drug-likeness (QED) is 0.298. The molecule has 43 heavy (non-hydrogen) atoms. The lowest BCUT2D eigenvalue weighted by Gasteiger charge is -2.21. The standard InChI is InChI=1S/C32H28FN7O3/c33-19-10-11-21(13-19)39-16-24(28-29(34)36-17-37-30(28)39)18-9-12-27(35-15-18)38-31(42)23-14-22-25(7-4-8-26(22)41)40(32(23)43)20-5-2-1-3-6-20/h1-3,5-6,9,12,14-17,19,21H,4,7-8,10-11,13H2,(H2,34,36,37)(H,35,38,42). The van der Waals surface area contributed by atoms with Crippen molar-refractivity contribution in [1.29, 1.82) is 0 Å². The number of alkyl halides is 1. The summed E-state index contributed by atoms with van der Waals surface area (Å²) >= 11 is 0. The van der Waals surface area contributed by atoms with Gasteiger partial charge in [0.2, 0.25) is 0 Å². The molecular formula is C32H28FN7O3. The van der Waals surface area contributed by atoms with Gasteiger partial charge in [0, 0.05) is 52.9 Å². The fraction of sp³-hybridized carbons (Fsp3) is 0.250. The molecule has 4 aromatic heterocycles. The number of hydrogen-bond acceptors (Lipinski definition) is 7. The molecule has 7 rings (SSSR count). The van der Waals surface area contributed by atoms with Gasteiger partial charge in [-0.05, 0) is 62.4 Å². The molecule has 11 heteroatoms. The summed E-state index contributed by atoms with van der Waals surface area (Å²) in [6.45, 7) is 0. The SMILES string of the molecule is Nc1ncnc2c1c(-c1ccc(NC(=O)c3cc4c(n(-c5ccccc5)c3=O)CCCC4=O)nc1)cn2C1CCC(F)C1. The van der Waals surface area contributed by atoms with Gasteiger partial charge in [0.25, 0.3) is 11.5 Å². The summed E-state index contributed by atoms with van der Waals surface area (Å²) in [4.78, 5) is 52.9. The number of carbonyl (C=O) groups excluding carboxylic acids is 2. The fourth-order valence-corrected chi connectivity index (χ4v) is 6.28. The molecule has 3 N–H and O–H groups in total. The van der Waals surface area contributed by atoms with Crippen LogP contribution in [-0.2, 0) is 6.42 Å². The predicted molar refractivity (Wildman–Crippen MR) is 160 cm³/mol. The Morgan fingerprint density at radius 1 is 1.00 bits per heavy atom. The highest BCUT2D eigenvalue weighted by Gasteiger charge is 2.29. The molecule has 0 aliphatic heterocycles. The van der Waals surface area contributed by atoms with Crippen LogP contribution in [0.4, 0.5) is 16.0 Å². The highest BCUT2D eigenvalue weighted by atomic mass is 19.1. The van der Waals surface area contributed by atoms with E-state index < -0.39 is 17.6 Å². The largest absolute Gasteiger partial charge is 0.383 e. The van der Waals surface area contributed by atoms with Crippen molar-refractivity contribution in [2.75, 3.05) is 11.1 Å². The van der Waals surface area contributed by atoms with Crippen molar-refractivity contribution >= 4 is 34.4 Å². The number of Topliss-reactive ketones (excluding diaryl/α,β-unsaturated/α-hetero) is 1. The molecule has 2 atom stereocenters. The monoisotopic (exact) mass is 577 g/mol. The van der Waals surface area contributed by atoms with Crippen LogP contribution in [0, 0.1) is 0 Å². The molecule has 2 aliphatic rings. The number of nitrogens with two attached hydrogens (primary N) is 1. The number of pyridine rings is 2. The van der Waals surface area contributed by atoms with Crippen molar-refractivity contribution in [2.45, 2.75) is 50.7 Å². The van der Waals surface area contributed by atoms with Crippen LogP contribution in [0.1, 0.15) is 64.6 Å². The molecule has 0 radical (unpaired) electrons. The zero-order valence-electron chi connectivity index (χ0n) is 23.2. The van der Waals surface area contributed by atoms with E-state index in [1.54, 1.807) is 42.6 Å². The molecule has 4 heterocycles. The van der Waals surface area contributed by atoms with E-state index in [9.17, 15) is 18.8 Å². The Kier molecular flexibility index (Phi) is 6.56. The van der Waals surface area contributed by atoms with Gasteiger partial charge in [0.05, 0.1) is 5.39 Å². The van der Waals surface area contributed by atoms with Crippen molar-refractivity contribution < 1.29 is 14.0 Å². The summed E-state index contributed by atoms with van der Waals surface area (Å²) in [7, 11) is 0. The lowest BCUT2D eigenvalue weighted by Crippen LogP contribution is -2.33. The van der Waals surface area contributed by atoms with Crippen LogP contribution in [-0.4, -0.2) is 41.9 Å². The number of rotatable bonds is 5. The highest BCUT2D eigenvalue weighted by Crippen LogP contribution is 2.39. The third-order valence-corrected chi connectivity index (χ3v) is 8.37. The van der Waals surface area contributed by atoms with Crippen LogP contribution >= 0.6 is 0 Å². The molecule has 10 nitrogen and oxygen atoms in total. The minimum atomic E-state index is -0.848. The fourth-order valence-electron chi connectivity index (χ4n) is 6.28. The highest BCUT2D eigenvalue weighted by molar-refractivity contribution is 6.07. The van der Waals surface area contributed by atoms with Crippen molar-refractivity contribution in [3.8, 4) is 16.8 Å². The second-order valence-electron chi connectivity index (χ2n) is 11.0. The number of ketones is 1. The maximum Gasteiger partial charge on any atom is 0.268 e. The van der Waals surface area contributed by atoms with Crippen molar-refractivity contribution in [2.24, 2.45) is 0 Å². The minimum Gasteiger partial charge on any atom is -0.383 e. The number of halogens is 1. The van der Waals surface area contributed by atoms with E-state index in [0.29, 0.717) is 77.9 Å². The van der Waals surface area contributed by atoms with Gasteiger partial charge in [-0.3, -0.25) is 19.0 Å². The van der Waals surface area contributed by atoms with Gasteiger partial charge in [-0.2, -0.15) is 0 Å². The zero-order valence-corrected chi connectivity index (χ0v) is 23.2. The van der Waals surface area contributed by atoms with E-state index >= 15 is 0 Å². The molecular weight excluding hydrogens is 549 g/mol. The van der Waals surface area contributed by atoms with E-state index in [0.717, 1.165) is 5.56 Å². The molecule has 1 amide bonds. The molecule has 1 aromatic carbocycles. The summed E-state index contributed by atoms with van der Waals surface area (Å²) in [5.74, 6) is -0.216. The second-order valence-corrected chi connectivity index (χ2v) is 11.0. The number of para-hydroxylation sites is 1. The normalized spacial score (nSPS) is 18.1. The van der Waals surface area contributed by atoms with Crippen molar-refractivity contribution in [3.05, 3.63) is 94.4 Å². The summed E-state index contributed by atoms with van der Waals surface area (Å²) in [6, 6.07) is 13.8. The second kappa shape index (κ2) is 10.6. The van der Waals surface area contributed by atoms with Crippen LogP contribution in [0.15, 0.2) is 72.0 Å². The third kappa shape index (κ3) is 4.66. The Morgan fingerprint density at radius 2 is 1.84 bits per heavy atom. The molecule has 0 saturated heterocycles. The van der Waals surface area contributed by atoms with E-state index in [2.05, 4.69) is 20.3 Å². The molecule has 0 bridgehead atoms. The maximum absolute atomic E-state index is 14.0. The van der Waals surface area contributed by atoms with Crippen LogP contribution < -0.4 is 16.6 Å². The van der Waals surface area contributed by atoms with Crippen LogP contribution in [0.3, 0.4) is 0 Å². The Labute approximate surface area is 245 Å². The first kappa shape index (κ1) is 26.7. The lowest BCUT2D eigenvalue weighted by molar-refractivity contribution is 0.0971. The topological polar surface area (TPSA) is 138 Å². The van der Waals surface area contributed by atoms with Crippen molar-refractivity contribution in [1.82, 2.24) is 24.1 Å². The van der Waals surface area contributed by atoms with Gasteiger partial charge in [0.15, 0.2) is 5.78 Å². The van der Waals surface area contributed by atoms with Gasteiger partial charge in [0.1, 0.15) is 35.3 Å². The number of hydrogen-bond donors (Lipinski definition) is 2. The Bertz CT molecular complexity index is 1950. The number of nitrogen functional groups attached to an aromatic ring is 1. The Balaban J connectivity index is 1.22. The summed E-state index contributed by atoms with van der Waals surface area (Å²) in [5, 5.41) is 3.37. The summed E-state index contributed by atoms with van der Waals surface area (Å²) in [6.07, 6.45) is 7.25. The van der Waals surface area contributed by atoms with Crippen molar-refractivity contribution in [3.63, 3.8) is 0 Å². The Hall–Kier alpha value is -5.19. The predicted octanol–water partition coefficient (Wildman–Crippen LogP) is 5.06. The number of fused-ring (bicyclic) bond motifs is 2. The van der Waals surface area contributed by atoms with E-state index in [-0.39, 0.29) is 23.2 Å². The number of carbonyl (C=O) groups is 2. The average molecular weight is 578 g/mol. The molecule has 0 spiro atoms. The van der Waals surface area contributed by atoms with E-state index in [4.69, 9.17) is 5.73 Å². The Morgan fingerprint density at radius 3 is 2.58 bits per heavy atom. The minimum absolute atomic E-state index is 0.0319. The molecule has 1 saturated carbocycles. The average Bonchev–Trinajstić information content (AvgIpc) is 3.62. The smallest absolute Gasteiger partial charge is 0.268 e. The van der Waals surface area contributed by atoms with Gasteiger partial charge >= 0.3 is 0 Å². The summed E-state index contributed by atoms with van der Waals surface area (Å²) < 4.78 is 17.5. The zero-order chi connectivity index (χ0) is 29.7. The lowest BCUT2D eigenvalue weighted by atomic mass is 9.92. The van der Waals surface area contributed by atoms with E-state index in [1.165, 1.54) is 17.0 Å². The van der Waals surface area contributed by atoms with Gasteiger partial charge < -0.3 is 15.6 Å². The number of aromatic nitrogens is 5. The first-order valence-corrected chi connectivity index (χ1v) is 14.3. The van der Waals surface area contributed by atoms with Gasteiger partial charge in [-0.25, -0.2) is 19.3 Å². The molecule has 2 aliphatic carbocycles. The first-order chi connectivity index (χ1) is 20.9. The maximum atomic E-state index is 14.0. The number of nitrogens with zero attached hydrogens (tertiary/aromatic N) is 5. The van der Waals surface area contributed by atoms with Crippen LogP contribution in [0.5, 0.6) is 0 Å². The third-order valence-electron chi connectivity index (χ3n) is 8.37. The number of amides is 1. The first-order valence-electron chi connectivity index (χ1n) is 14.3. The molecule has 2 unspecified atom stereocenters. The van der Waals surface area contributed by atoms with Gasteiger partial charge in [-0.1, -0.05) is 18.2 Å². The number of benzene rings is 1.